The zero-order valence-corrected chi connectivity index (χ0v) is 15.8. The number of benzene rings is 2. The highest BCUT2D eigenvalue weighted by Gasteiger charge is 2.28. The number of hydrogen-bond acceptors (Lipinski definition) is 3. The number of para-hydroxylation sites is 1. The van der Waals surface area contributed by atoms with Crippen LogP contribution < -0.4 is 9.62 Å². The van der Waals surface area contributed by atoms with Crippen molar-refractivity contribution >= 4 is 49.3 Å². The number of nitrogens with zero attached hydrogens (tertiary/aromatic N) is 1. The molecule has 0 aliphatic carbocycles. The molecule has 3 rings (SSSR count). The van der Waals surface area contributed by atoms with Crippen molar-refractivity contribution in [3.63, 3.8) is 0 Å². The highest BCUT2D eigenvalue weighted by molar-refractivity contribution is 9.10. The molecule has 5 nitrogen and oxygen atoms in total. The summed E-state index contributed by atoms with van der Waals surface area (Å²) in [4.78, 5) is 12.0. The van der Waals surface area contributed by atoms with Crippen LogP contribution in [0.1, 0.15) is 12.0 Å². The summed E-state index contributed by atoms with van der Waals surface area (Å²) in [7, 11) is -3.17. The molecule has 1 amide bonds. The lowest BCUT2D eigenvalue weighted by molar-refractivity contribution is -0.111. The molecule has 0 atom stereocenters. The average Bonchev–Trinajstić information content (AvgIpc) is 2.95. The van der Waals surface area contributed by atoms with Gasteiger partial charge in [-0.05, 0) is 58.3 Å². The van der Waals surface area contributed by atoms with Gasteiger partial charge in [0.05, 0.1) is 17.1 Å². The van der Waals surface area contributed by atoms with Gasteiger partial charge in [-0.25, -0.2) is 8.42 Å². The van der Waals surface area contributed by atoms with Gasteiger partial charge in [0.25, 0.3) is 0 Å². The third-order valence-electron chi connectivity index (χ3n) is 3.84. The summed E-state index contributed by atoms with van der Waals surface area (Å²) >= 11 is 3.38. The normalized spacial score (nSPS) is 16.3. The summed E-state index contributed by atoms with van der Waals surface area (Å²) in [5.41, 5.74) is 2.18. The van der Waals surface area contributed by atoms with E-state index in [2.05, 4.69) is 21.2 Å². The quantitative estimate of drug-likeness (QED) is 0.767. The van der Waals surface area contributed by atoms with Crippen LogP contribution in [0.3, 0.4) is 0 Å². The number of rotatable bonds is 4. The lowest BCUT2D eigenvalue weighted by Crippen LogP contribution is -2.24. The summed E-state index contributed by atoms with van der Waals surface area (Å²) in [6, 6.07) is 14.5. The zero-order valence-electron chi connectivity index (χ0n) is 13.4. The molecule has 0 radical (unpaired) electrons. The molecule has 0 spiro atoms. The fourth-order valence-corrected chi connectivity index (χ4v) is 4.54. The third kappa shape index (κ3) is 4.29. The van der Waals surface area contributed by atoms with Crippen molar-refractivity contribution in [2.45, 2.75) is 6.42 Å². The second-order valence-electron chi connectivity index (χ2n) is 5.64. The molecule has 0 unspecified atom stereocenters. The first-order chi connectivity index (χ1) is 12.0. The summed E-state index contributed by atoms with van der Waals surface area (Å²) in [5, 5.41) is 2.79. The average molecular weight is 421 g/mol. The first kappa shape index (κ1) is 17.7. The first-order valence-corrected chi connectivity index (χ1v) is 10.2. The smallest absolute Gasteiger partial charge is 0.248 e. The fraction of sp³-hybridized carbons (Fsp3) is 0.167. The topological polar surface area (TPSA) is 66.5 Å². The standard InChI is InChI=1S/C18H17BrN2O3S/c19-16-4-1-2-5-17(16)20-18(22)11-8-14-6-9-15(10-7-14)21-12-3-13-25(21,23)24/h1-2,4-11H,3,12-13H2,(H,20,22)/b11-8+. The van der Waals surface area contributed by atoms with Crippen LogP contribution in [-0.2, 0) is 14.8 Å². The van der Waals surface area contributed by atoms with E-state index in [0.717, 1.165) is 10.0 Å². The van der Waals surface area contributed by atoms with Crippen molar-refractivity contribution in [3.05, 3.63) is 64.6 Å². The molecule has 1 aliphatic heterocycles. The maximum absolute atomic E-state index is 12.0. The number of nitrogens with one attached hydrogen (secondary N) is 1. The number of carbonyl (C=O) groups is 1. The van der Waals surface area contributed by atoms with Crippen molar-refractivity contribution in [2.24, 2.45) is 0 Å². The number of halogens is 1. The van der Waals surface area contributed by atoms with Gasteiger partial charge in [-0.15, -0.1) is 0 Å². The van der Waals surface area contributed by atoms with Crippen LogP contribution in [0.5, 0.6) is 0 Å². The van der Waals surface area contributed by atoms with Gasteiger partial charge < -0.3 is 5.32 Å². The number of carbonyl (C=O) groups excluding carboxylic acids is 1. The Morgan fingerprint density at radius 1 is 1.12 bits per heavy atom. The Kier molecular flexibility index (Phi) is 5.24. The highest BCUT2D eigenvalue weighted by atomic mass is 79.9. The van der Waals surface area contributed by atoms with Gasteiger partial charge in [0, 0.05) is 17.1 Å². The Morgan fingerprint density at radius 3 is 2.48 bits per heavy atom. The Labute approximate surface area is 155 Å². The van der Waals surface area contributed by atoms with Crippen LogP contribution in [0.4, 0.5) is 11.4 Å². The second-order valence-corrected chi connectivity index (χ2v) is 8.50. The monoisotopic (exact) mass is 420 g/mol. The molecule has 0 bridgehead atoms. The van der Waals surface area contributed by atoms with Crippen LogP contribution in [0.15, 0.2) is 59.1 Å². The maximum atomic E-state index is 12.0. The molecule has 130 valence electrons. The molecular weight excluding hydrogens is 404 g/mol. The minimum Gasteiger partial charge on any atom is -0.321 e. The summed E-state index contributed by atoms with van der Waals surface area (Å²) in [6.07, 6.45) is 3.79. The molecule has 1 aliphatic rings. The molecule has 7 heteroatoms. The highest BCUT2D eigenvalue weighted by Crippen LogP contribution is 2.24. The zero-order chi connectivity index (χ0) is 17.9. The summed E-state index contributed by atoms with van der Waals surface area (Å²) in [5.74, 6) is -0.0396. The van der Waals surface area contributed by atoms with Crippen LogP contribution >= 0.6 is 15.9 Å². The Bertz CT molecular complexity index is 908. The Hall–Kier alpha value is -2.12. The second kappa shape index (κ2) is 7.41. The molecule has 1 fully saturated rings. The molecule has 2 aromatic carbocycles. The fourth-order valence-electron chi connectivity index (χ4n) is 2.59. The van der Waals surface area contributed by atoms with Gasteiger partial charge in [-0.2, -0.15) is 0 Å². The molecule has 2 aromatic rings. The largest absolute Gasteiger partial charge is 0.321 e. The van der Waals surface area contributed by atoms with Crippen LogP contribution in [0.2, 0.25) is 0 Å². The third-order valence-corrected chi connectivity index (χ3v) is 6.40. The molecule has 0 aromatic heterocycles. The minimum atomic E-state index is -3.17. The number of amides is 1. The Balaban J connectivity index is 1.66. The van der Waals surface area contributed by atoms with E-state index in [-0.39, 0.29) is 11.7 Å². The summed E-state index contributed by atoms with van der Waals surface area (Å²) in [6.45, 7) is 0.520. The van der Waals surface area contributed by atoms with Gasteiger partial charge in [-0.3, -0.25) is 9.10 Å². The van der Waals surface area contributed by atoms with E-state index < -0.39 is 10.0 Å². The van der Waals surface area contributed by atoms with E-state index in [4.69, 9.17) is 0 Å². The van der Waals surface area contributed by atoms with Crippen molar-refractivity contribution in [1.82, 2.24) is 0 Å². The predicted molar refractivity (Wildman–Crippen MR) is 104 cm³/mol. The molecule has 25 heavy (non-hydrogen) atoms. The van der Waals surface area contributed by atoms with Gasteiger partial charge in [0.2, 0.25) is 15.9 Å². The molecule has 1 N–H and O–H groups in total. The molecular formula is C18H17BrN2O3S. The number of sulfonamides is 1. The predicted octanol–water partition coefficient (Wildman–Crippen LogP) is 3.64. The van der Waals surface area contributed by atoms with Crippen molar-refractivity contribution in [2.75, 3.05) is 21.9 Å². The lowest BCUT2D eigenvalue weighted by atomic mass is 10.2. The van der Waals surface area contributed by atoms with Gasteiger partial charge in [-0.1, -0.05) is 24.3 Å². The number of anilines is 2. The summed E-state index contributed by atoms with van der Waals surface area (Å²) < 4.78 is 26.1. The van der Waals surface area contributed by atoms with E-state index >= 15 is 0 Å². The Morgan fingerprint density at radius 2 is 1.84 bits per heavy atom. The van der Waals surface area contributed by atoms with E-state index in [1.807, 2.05) is 18.2 Å². The minimum absolute atomic E-state index is 0.198. The maximum Gasteiger partial charge on any atom is 0.248 e. The van der Waals surface area contributed by atoms with Crippen LogP contribution in [0, 0.1) is 0 Å². The van der Waals surface area contributed by atoms with Gasteiger partial charge in [0.15, 0.2) is 0 Å². The van der Waals surface area contributed by atoms with E-state index in [9.17, 15) is 13.2 Å². The van der Waals surface area contributed by atoms with Gasteiger partial charge in [0.1, 0.15) is 0 Å². The molecule has 1 saturated heterocycles. The van der Waals surface area contributed by atoms with E-state index in [1.165, 1.54) is 10.4 Å². The first-order valence-electron chi connectivity index (χ1n) is 7.80. The van der Waals surface area contributed by atoms with Crippen LogP contribution in [-0.4, -0.2) is 26.6 Å². The van der Waals surface area contributed by atoms with E-state index in [1.54, 1.807) is 36.4 Å². The van der Waals surface area contributed by atoms with Crippen molar-refractivity contribution in [3.8, 4) is 0 Å². The van der Waals surface area contributed by atoms with Crippen molar-refractivity contribution in [1.29, 1.82) is 0 Å². The molecule has 1 heterocycles. The van der Waals surface area contributed by atoms with Crippen molar-refractivity contribution < 1.29 is 13.2 Å². The SMILES string of the molecule is O=C(/C=C/c1ccc(N2CCCS2(=O)=O)cc1)Nc1ccccc1Br. The number of hydrogen-bond donors (Lipinski definition) is 1. The molecule has 0 saturated carbocycles. The van der Waals surface area contributed by atoms with E-state index in [0.29, 0.717) is 24.3 Å². The lowest BCUT2D eigenvalue weighted by Gasteiger charge is -2.16. The van der Waals surface area contributed by atoms with Gasteiger partial charge >= 0.3 is 0 Å². The van der Waals surface area contributed by atoms with Crippen LogP contribution in [0.25, 0.3) is 6.08 Å².